The molecule has 12 heteroatoms. The van der Waals surface area contributed by atoms with Crippen molar-refractivity contribution in [3.05, 3.63) is 57.7 Å². The molecule has 208 valence electrons. The van der Waals surface area contributed by atoms with E-state index in [1.54, 1.807) is 11.0 Å². The van der Waals surface area contributed by atoms with Crippen molar-refractivity contribution in [1.29, 1.82) is 0 Å². The van der Waals surface area contributed by atoms with Crippen LogP contribution >= 0.6 is 34.3 Å². The molecule has 0 N–H and O–H groups in total. The number of nitrogens with zero attached hydrogens (tertiary/aromatic N) is 5. The average Bonchev–Trinajstić information content (AvgIpc) is 3.61. The molecular formula is C27H32ClN5O3S3. The summed E-state index contributed by atoms with van der Waals surface area (Å²) < 4.78 is 32.1. The van der Waals surface area contributed by atoms with E-state index in [0.717, 1.165) is 44.9 Å². The van der Waals surface area contributed by atoms with E-state index in [1.165, 1.54) is 21.7 Å². The molecule has 8 nitrogen and oxygen atoms in total. The van der Waals surface area contributed by atoms with Gasteiger partial charge < -0.3 is 0 Å². The molecule has 0 bridgehead atoms. The minimum atomic E-state index is -3.88. The van der Waals surface area contributed by atoms with Crippen LogP contribution in [-0.2, 0) is 21.4 Å². The number of aromatic nitrogens is 3. The first kappa shape index (κ1) is 28.2. The van der Waals surface area contributed by atoms with Crippen molar-refractivity contribution in [3.63, 3.8) is 0 Å². The Labute approximate surface area is 242 Å². The highest BCUT2D eigenvalue weighted by Crippen LogP contribution is 2.36. The van der Waals surface area contributed by atoms with Gasteiger partial charge in [-0.25, -0.2) is 13.4 Å². The van der Waals surface area contributed by atoms with Gasteiger partial charge in [-0.15, -0.1) is 11.3 Å². The van der Waals surface area contributed by atoms with Crippen LogP contribution in [0.15, 0.2) is 40.6 Å². The van der Waals surface area contributed by atoms with Gasteiger partial charge in [0.05, 0.1) is 26.8 Å². The second-order valence-electron chi connectivity index (χ2n) is 10.2. The number of thiophene rings is 1. The molecule has 1 saturated heterocycles. The van der Waals surface area contributed by atoms with Crippen LogP contribution in [0.1, 0.15) is 56.0 Å². The van der Waals surface area contributed by atoms with Crippen LogP contribution in [0.5, 0.6) is 0 Å². The summed E-state index contributed by atoms with van der Waals surface area (Å²) in [6, 6.07) is 10.4. The zero-order chi connectivity index (χ0) is 27.9. The maximum Gasteiger partial charge on any atom is 0.253 e. The molecule has 39 heavy (non-hydrogen) atoms. The zero-order valence-electron chi connectivity index (χ0n) is 22.4. The molecule has 0 radical (unpaired) electrons. The SMILES string of the molecule is Cc1cc(C)n(CCN(C(=O)C2CCCCN2S(=O)(=O)c2ccc(Cl)s2)c2nc3c(C(C)C)cccc3s2)n1. The van der Waals surface area contributed by atoms with Crippen molar-refractivity contribution >= 4 is 65.6 Å². The zero-order valence-corrected chi connectivity index (χ0v) is 25.6. The van der Waals surface area contributed by atoms with Gasteiger partial charge in [0.25, 0.3) is 10.0 Å². The number of fused-ring (bicyclic) bond motifs is 1. The highest BCUT2D eigenvalue weighted by molar-refractivity contribution is 7.91. The highest BCUT2D eigenvalue weighted by Gasteiger charge is 2.41. The van der Waals surface area contributed by atoms with Gasteiger partial charge in [0.1, 0.15) is 10.3 Å². The lowest BCUT2D eigenvalue weighted by atomic mass is 10.0. The quantitative estimate of drug-likeness (QED) is 0.238. The summed E-state index contributed by atoms with van der Waals surface area (Å²) in [5.41, 5.74) is 3.92. The monoisotopic (exact) mass is 605 g/mol. The number of anilines is 1. The molecule has 3 aromatic heterocycles. The van der Waals surface area contributed by atoms with Crippen molar-refractivity contribution in [2.45, 2.75) is 69.7 Å². The van der Waals surface area contributed by atoms with Crippen LogP contribution < -0.4 is 4.90 Å². The number of amides is 1. The van der Waals surface area contributed by atoms with Crippen molar-refractivity contribution in [1.82, 2.24) is 19.1 Å². The van der Waals surface area contributed by atoms with E-state index in [4.69, 9.17) is 16.6 Å². The second kappa shape index (κ2) is 11.3. The molecule has 0 aliphatic carbocycles. The summed E-state index contributed by atoms with van der Waals surface area (Å²) in [6.45, 7) is 9.26. The first-order valence-corrected chi connectivity index (χ1v) is 16.5. The number of hydrogen-bond acceptors (Lipinski definition) is 7. The number of hydrogen-bond donors (Lipinski definition) is 0. The van der Waals surface area contributed by atoms with Gasteiger partial charge >= 0.3 is 0 Å². The smallest absolute Gasteiger partial charge is 0.253 e. The van der Waals surface area contributed by atoms with Crippen LogP contribution in [0.4, 0.5) is 5.13 Å². The van der Waals surface area contributed by atoms with Gasteiger partial charge in [-0.2, -0.15) is 9.40 Å². The van der Waals surface area contributed by atoms with E-state index in [-0.39, 0.29) is 22.6 Å². The van der Waals surface area contributed by atoms with Gasteiger partial charge in [-0.1, -0.05) is 55.3 Å². The topological polar surface area (TPSA) is 88.4 Å². The third-order valence-electron chi connectivity index (χ3n) is 7.05. The largest absolute Gasteiger partial charge is 0.285 e. The molecule has 1 unspecified atom stereocenters. The standard InChI is InChI=1S/C27H32ClN5O3S3/c1-17(2)20-8-7-10-22-25(20)29-27(37-22)31(14-15-32-19(4)16-18(3)30-32)26(34)21-9-5-6-13-33(21)39(35,36)24-12-11-23(28)38-24/h7-8,10-12,16-17,21H,5-6,9,13-15H2,1-4H3. The Bertz CT molecular complexity index is 1610. The minimum absolute atomic E-state index is 0.156. The fraction of sp³-hybridized carbons (Fsp3) is 0.444. The Morgan fingerprint density at radius 1 is 1.18 bits per heavy atom. The highest BCUT2D eigenvalue weighted by atomic mass is 35.5. The van der Waals surface area contributed by atoms with Gasteiger partial charge in [-0.05, 0) is 62.4 Å². The number of carbonyl (C=O) groups is 1. The first-order valence-electron chi connectivity index (χ1n) is 13.1. The summed E-state index contributed by atoms with van der Waals surface area (Å²) in [6.07, 6.45) is 1.93. The third kappa shape index (κ3) is 5.65. The minimum Gasteiger partial charge on any atom is -0.285 e. The Morgan fingerprint density at radius 2 is 1.97 bits per heavy atom. The second-order valence-corrected chi connectivity index (χ2v) is 15.0. The van der Waals surface area contributed by atoms with Crippen LogP contribution in [0.2, 0.25) is 4.34 Å². The van der Waals surface area contributed by atoms with Gasteiger partial charge in [0.15, 0.2) is 5.13 Å². The summed E-state index contributed by atoms with van der Waals surface area (Å²) in [5, 5.41) is 5.14. The molecular weight excluding hydrogens is 574 g/mol. The lowest BCUT2D eigenvalue weighted by molar-refractivity contribution is -0.123. The molecule has 1 aliphatic heterocycles. The maximum absolute atomic E-state index is 14.3. The lowest BCUT2D eigenvalue weighted by Crippen LogP contribution is -2.53. The molecule has 1 amide bonds. The van der Waals surface area contributed by atoms with E-state index in [2.05, 4.69) is 25.0 Å². The Morgan fingerprint density at radius 3 is 2.64 bits per heavy atom. The van der Waals surface area contributed by atoms with Crippen LogP contribution in [0, 0.1) is 13.8 Å². The number of carbonyl (C=O) groups excluding carboxylic acids is 1. The van der Waals surface area contributed by atoms with Crippen molar-refractivity contribution in [2.24, 2.45) is 0 Å². The third-order valence-corrected chi connectivity index (χ3v) is 11.7. The first-order chi connectivity index (χ1) is 18.6. The number of para-hydroxylation sites is 1. The Balaban J connectivity index is 1.54. The molecule has 5 rings (SSSR count). The Kier molecular flexibility index (Phi) is 8.17. The van der Waals surface area contributed by atoms with Gasteiger partial charge in [0, 0.05) is 18.8 Å². The Hall–Kier alpha value is -2.31. The molecule has 1 aliphatic rings. The van der Waals surface area contributed by atoms with E-state index < -0.39 is 16.1 Å². The molecule has 1 atom stereocenters. The van der Waals surface area contributed by atoms with E-state index in [9.17, 15) is 13.2 Å². The van der Waals surface area contributed by atoms with Gasteiger partial charge in [0.2, 0.25) is 5.91 Å². The maximum atomic E-state index is 14.3. The van der Waals surface area contributed by atoms with Crippen molar-refractivity contribution in [3.8, 4) is 0 Å². The number of aryl methyl sites for hydroxylation is 2. The summed E-state index contributed by atoms with van der Waals surface area (Å²) in [4.78, 5) is 21.0. The van der Waals surface area contributed by atoms with Gasteiger partial charge in [-0.3, -0.25) is 14.4 Å². The lowest BCUT2D eigenvalue weighted by Gasteiger charge is -2.35. The van der Waals surface area contributed by atoms with Crippen molar-refractivity contribution < 1.29 is 13.2 Å². The molecule has 1 aromatic carbocycles. The number of rotatable bonds is 8. The summed E-state index contributed by atoms with van der Waals surface area (Å²) in [5.74, 6) is 0.0201. The normalized spacial score (nSPS) is 16.8. The summed E-state index contributed by atoms with van der Waals surface area (Å²) in [7, 11) is -3.88. The van der Waals surface area contributed by atoms with Crippen molar-refractivity contribution in [2.75, 3.05) is 18.0 Å². The number of halogens is 1. The molecule has 4 heterocycles. The van der Waals surface area contributed by atoms with E-state index in [0.29, 0.717) is 35.4 Å². The number of sulfonamides is 1. The summed E-state index contributed by atoms with van der Waals surface area (Å²) >= 11 is 8.55. The molecule has 0 spiro atoms. The number of piperidine rings is 1. The number of thiazole rings is 1. The van der Waals surface area contributed by atoms with E-state index >= 15 is 0 Å². The van der Waals surface area contributed by atoms with E-state index in [1.807, 2.05) is 36.7 Å². The van der Waals surface area contributed by atoms with Crippen LogP contribution in [0.3, 0.4) is 0 Å². The predicted molar refractivity (Wildman–Crippen MR) is 159 cm³/mol. The molecule has 0 saturated carbocycles. The fourth-order valence-electron chi connectivity index (χ4n) is 5.11. The fourth-order valence-corrected chi connectivity index (χ4v) is 9.40. The average molecular weight is 606 g/mol. The van der Waals surface area contributed by atoms with Crippen LogP contribution in [-0.4, -0.2) is 52.5 Å². The van der Waals surface area contributed by atoms with Crippen LogP contribution in [0.25, 0.3) is 10.2 Å². The molecule has 1 fully saturated rings. The number of benzene rings is 1. The predicted octanol–water partition coefficient (Wildman–Crippen LogP) is 6.22. The molecule has 4 aromatic rings.